The average molecular weight is 559 g/mol. The van der Waals surface area contributed by atoms with Gasteiger partial charge in [0.25, 0.3) is 5.88 Å². The van der Waals surface area contributed by atoms with Crippen LogP contribution in [0, 0.1) is 0 Å². The van der Waals surface area contributed by atoms with Gasteiger partial charge in [0.05, 0.1) is 13.2 Å². The zero-order valence-corrected chi connectivity index (χ0v) is 23.3. The van der Waals surface area contributed by atoms with E-state index < -0.39 is 0 Å². The maximum Gasteiger partial charge on any atom is 0.263 e. The summed E-state index contributed by atoms with van der Waals surface area (Å²) in [6.45, 7) is 4.48. The number of rotatable bonds is 11. The molecule has 1 aromatic carbocycles. The summed E-state index contributed by atoms with van der Waals surface area (Å²) in [6, 6.07) is 14.8. The summed E-state index contributed by atoms with van der Waals surface area (Å²) in [5, 5.41) is 3.68. The first-order chi connectivity index (χ1) is 19.5. The Balaban J connectivity index is 1.53. The van der Waals surface area contributed by atoms with Gasteiger partial charge in [0.15, 0.2) is 23.1 Å². The Hall–Kier alpha value is -4.38. The van der Waals surface area contributed by atoms with E-state index in [9.17, 15) is 4.79 Å². The van der Waals surface area contributed by atoms with Crippen molar-refractivity contribution in [3.8, 4) is 34.5 Å². The molecule has 4 heterocycles. The predicted octanol–water partition coefficient (Wildman–Crippen LogP) is 5.63. The lowest BCUT2D eigenvalue weighted by Gasteiger charge is -2.19. The minimum atomic E-state index is -0.125. The number of ether oxygens (including phenoxy) is 3. The molecule has 206 valence electrons. The lowest BCUT2D eigenvalue weighted by atomic mass is 10.1. The van der Waals surface area contributed by atoms with Gasteiger partial charge in [0.2, 0.25) is 11.7 Å². The first kappa shape index (κ1) is 27.2. The molecule has 4 aromatic rings. The summed E-state index contributed by atoms with van der Waals surface area (Å²) in [7, 11) is 1.58. The molecule has 40 heavy (non-hydrogen) atoms. The van der Waals surface area contributed by atoms with Crippen LogP contribution < -0.4 is 24.2 Å². The minimum absolute atomic E-state index is 0.00833. The van der Waals surface area contributed by atoms with Crippen molar-refractivity contribution in [1.29, 1.82) is 0 Å². The molecule has 1 fully saturated rings. The number of amides is 1. The molecule has 10 nitrogen and oxygen atoms in total. The van der Waals surface area contributed by atoms with E-state index >= 15 is 0 Å². The summed E-state index contributed by atoms with van der Waals surface area (Å²) < 4.78 is 21.4. The number of nitrogens with zero attached hydrogens (tertiary/aromatic N) is 4. The number of nitrogens with one attached hydrogen (secondary N) is 2. The largest absolute Gasteiger partial charge is 0.493 e. The van der Waals surface area contributed by atoms with Gasteiger partial charge in [-0.2, -0.15) is 4.98 Å². The fraction of sp³-hybridized carbons (Fsp3) is 0.276. The van der Waals surface area contributed by atoms with Crippen molar-refractivity contribution in [3.05, 3.63) is 72.7 Å². The molecular formula is C29H30N6O4S. The Labute approximate surface area is 237 Å². The topological polar surface area (TPSA) is 120 Å². The molecule has 1 aliphatic heterocycles. The Kier molecular flexibility index (Phi) is 8.60. The summed E-state index contributed by atoms with van der Waals surface area (Å²) in [4.78, 5) is 29.9. The summed E-state index contributed by atoms with van der Waals surface area (Å²) in [5.74, 6) is 2.71. The molecule has 5 rings (SSSR count). The number of methoxy groups -OCH3 is 1. The second kappa shape index (κ2) is 12.6. The van der Waals surface area contributed by atoms with E-state index in [4.69, 9.17) is 24.2 Å². The number of hydrogen-bond donors (Lipinski definition) is 2. The zero-order chi connectivity index (χ0) is 27.9. The average Bonchev–Trinajstić information content (AvgIpc) is 3.41. The molecule has 1 aliphatic rings. The monoisotopic (exact) mass is 558 g/mol. The van der Waals surface area contributed by atoms with E-state index in [1.54, 1.807) is 31.6 Å². The van der Waals surface area contributed by atoms with Gasteiger partial charge in [0.1, 0.15) is 11.6 Å². The van der Waals surface area contributed by atoms with Crippen LogP contribution in [-0.4, -0.2) is 45.6 Å². The minimum Gasteiger partial charge on any atom is -0.493 e. The maximum absolute atomic E-state index is 11.8. The number of para-hydroxylation sites is 2. The summed E-state index contributed by atoms with van der Waals surface area (Å²) in [6.07, 6.45) is 6.37. The molecule has 0 unspecified atom stereocenters. The lowest BCUT2D eigenvalue weighted by molar-refractivity contribution is -0.119. The molecule has 0 bridgehead atoms. The molecule has 2 N–H and O–H groups in total. The van der Waals surface area contributed by atoms with E-state index in [0.717, 1.165) is 16.2 Å². The highest BCUT2D eigenvalue weighted by Crippen LogP contribution is 2.42. The molecule has 1 saturated heterocycles. The van der Waals surface area contributed by atoms with E-state index in [-0.39, 0.29) is 30.2 Å². The molecule has 11 heteroatoms. The van der Waals surface area contributed by atoms with Gasteiger partial charge in [-0.05, 0) is 48.2 Å². The zero-order valence-electron chi connectivity index (χ0n) is 22.5. The Bertz CT molecular complexity index is 1450. The third-order valence-electron chi connectivity index (χ3n) is 6.24. The Morgan fingerprint density at radius 1 is 1.07 bits per heavy atom. The van der Waals surface area contributed by atoms with Gasteiger partial charge in [0, 0.05) is 42.5 Å². The van der Waals surface area contributed by atoms with Crippen LogP contribution in [0.3, 0.4) is 0 Å². The normalized spacial score (nSPS) is 14.6. The number of hydrogen-bond acceptors (Lipinski definition) is 10. The third kappa shape index (κ3) is 6.60. The Morgan fingerprint density at radius 2 is 1.88 bits per heavy atom. The summed E-state index contributed by atoms with van der Waals surface area (Å²) >= 11 is 1.30. The van der Waals surface area contributed by atoms with Gasteiger partial charge in [-0.15, -0.1) is 0 Å². The fourth-order valence-electron chi connectivity index (χ4n) is 4.01. The first-order valence-corrected chi connectivity index (χ1v) is 13.8. The van der Waals surface area contributed by atoms with Gasteiger partial charge in [-0.3, -0.25) is 9.78 Å². The van der Waals surface area contributed by atoms with Gasteiger partial charge < -0.3 is 24.2 Å². The maximum atomic E-state index is 11.8. The molecule has 1 atom stereocenters. The van der Waals surface area contributed by atoms with E-state index in [0.29, 0.717) is 41.9 Å². The van der Waals surface area contributed by atoms with Crippen molar-refractivity contribution in [2.75, 3.05) is 18.4 Å². The van der Waals surface area contributed by atoms with Crippen LogP contribution in [0.25, 0.3) is 11.4 Å². The van der Waals surface area contributed by atoms with E-state index in [2.05, 4.69) is 39.9 Å². The highest BCUT2D eigenvalue weighted by atomic mass is 32.2. The molecule has 0 aliphatic carbocycles. The number of pyridine rings is 2. The standard InChI is InChI=1S/C29H30N6O4S/c1-18(2)20-8-11-25(31-16-20)40-35-28-26(39-23-7-5-4-6-22(23)37-3)29(38-17-21-9-10-24(36)32-21)34-27(33-28)19-12-14-30-15-13-19/h4-8,11-16,18,21H,9-10,17H2,1-3H3,(H,32,36)(H,33,34,35)/t21-/m1/s1. The smallest absolute Gasteiger partial charge is 0.263 e. The first-order valence-electron chi connectivity index (χ1n) is 12.9. The van der Waals surface area contributed by atoms with Crippen molar-refractivity contribution in [2.24, 2.45) is 0 Å². The van der Waals surface area contributed by atoms with E-state index in [1.165, 1.54) is 11.9 Å². The van der Waals surface area contributed by atoms with E-state index in [1.807, 2.05) is 36.5 Å². The highest BCUT2D eigenvalue weighted by Gasteiger charge is 2.25. The second-order valence-corrected chi connectivity index (χ2v) is 10.2. The van der Waals surface area contributed by atoms with Crippen LogP contribution in [-0.2, 0) is 4.79 Å². The van der Waals surface area contributed by atoms with Crippen LogP contribution in [0.15, 0.2) is 72.1 Å². The number of carbonyl (C=O) groups excluding carboxylic acids is 1. The van der Waals surface area contributed by atoms with Gasteiger partial charge in [-0.1, -0.05) is 32.0 Å². The second-order valence-electron chi connectivity index (χ2n) is 9.42. The molecule has 3 aromatic heterocycles. The van der Waals surface area contributed by atoms with Crippen LogP contribution in [0.1, 0.15) is 38.2 Å². The van der Waals surface area contributed by atoms with Crippen molar-refractivity contribution in [1.82, 2.24) is 25.3 Å². The Morgan fingerprint density at radius 3 is 2.55 bits per heavy atom. The van der Waals surface area contributed by atoms with Gasteiger partial charge in [-0.25, -0.2) is 9.97 Å². The SMILES string of the molecule is COc1ccccc1Oc1c(NSc2ccc(C(C)C)cn2)nc(-c2ccncc2)nc1OC[C@H]1CCC(=O)N1. The quantitative estimate of drug-likeness (QED) is 0.224. The third-order valence-corrected chi connectivity index (χ3v) is 6.98. The lowest BCUT2D eigenvalue weighted by Crippen LogP contribution is -2.31. The number of aromatic nitrogens is 4. The van der Waals surface area contributed by atoms with Crippen LogP contribution in [0.4, 0.5) is 5.82 Å². The molecule has 0 saturated carbocycles. The molecule has 0 radical (unpaired) electrons. The van der Waals surface area contributed by atoms with Gasteiger partial charge >= 0.3 is 0 Å². The van der Waals surface area contributed by atoms with Crippen LogP contribution in [0.2, 0.25) is 0 Å². The number of benzene rings is 1. The fourth-order valence-corrected chi connectivity index (χ4v) is 4.59. The van der Waals surface area contributed by atoms with Crippen molar-refractivity contribution in [3.63, 3.8) is 0 Å². The molecular weight excluding hydrogens is 528 g/mol. The van der Waals surface area contributed by atoms with Crippen molar-refractivity contribution < 1.29 is 19.0 Å². The predicted molar refractivity (Wildman–Crippen MR) is 153 cm³/mol. The van der Waals surface area contributed by atoms with Crippen molar-refractivity contribution in [2.45, 2.75) is 43.7 Å². The van der Waals surface area contributed by atoms with Crippen LogP contribution >= 0.6 is 11.9 Å². The van der Waals surface area contributed by atoms with Crippen LogP contribution in [0.5, 0.6) is 23.1 Å². The number of anilines is 1. The summed E-state index contributed by atoms with van der Waals surface area (Å²) in [5.41, 5.74) is 1.91. The number of carbonyl (C=O) groups is 1. The molecule has 0 spiro atoms. The molecule has 1 amide bonds. The highest BCUT2D eigenvalue weighted by molar-refractivity contribution is 8.00. The van der Waals surface area contributed by atoms with Crippen molar-refractivity contribution >= 4 is 23.7 Å².